The van der Waals surface area contributed by atoms with Crippen molar-refractivity contribution in [2.75, 3.05) is 6.54 Å². The second-order valence-corrected chi connectivity index (χ2v) is 11.2. The second-order valence-electron chi connectivity index (χ2n) is 8.97. The zero-order chi connectivity index (χ0) is 23.8. The third-order valence-electron chi connectivity index (χ3n) is 7.00. The summed E-state index contributed by atoms with van der Waals surface area (Å²) >= 11 is 0. The summed E-state index contributed by atoms with van der Waals surface area (Å²) in [4.78, 5) is 28.5. The lowest BCUT2D eigenvalue weighted by Gasteiger charge is -2.37. The van der Waals surface area contributed by atoms with Crippen LogP contribution in [0.25, 0.3) is 10.8 Å². The maximum atomic E-state index is 13.1. The first kappa shape index (κ1) is 23.2. The first-order chi connectivity index (χ1) is 15.7. The van der Waals surface area contributed by atoms with Gasteiger partial charge < -0.3 is 20.9 Å². The van der Waals surface area contributed by atoms with Crippen LogP contribution >= 0.6 is 0 Å². The number of hydrogen-bond acceptors (Lipinski definition) is 7. The molecule has 10 heteroatoms. The number of nitrogens with one attached hydrogen (secondary N) is 2. The molecule has 4 rings (SSSR count). The normalized spacial score (nSPS) is 18.4. The summed E-state index contributed by atoms with van der Waals surface area (Å²) in [7, 11) is -3.57. The summed E-state index contributed by atoms with van der Waals surface area (Å²) in [5.41, 5.74) is -1.29. The largest absolute Gasteiger partial charge is 0.505 e. The fraction of sp³-hybridized carbons (Fsp3) is 0.478. The average molecular weight is 474 g/mol. The van der Waals surface area contributed by atoms with Gasteiger partial charge in [0.05, 0.1) is 21.3 Å². The molecule has 2 aromatic rings. The topological polar surface area (TPSA) is 158 Å². The van der Waals surface area contributed by atoms with Crippen LogP contribution in [-0.2, 0) is 14.6 Å². The van der Waals surface area contributed by atoms with E-state index in [9.17, 15) is 28.2 Å². The number of aromatic hydroxyl groups is 1. The zero-order valence-corrected chi connectivity index (χ0v) is 19.0. The Morgan fingerprint density at radius 3 is 2.42 bits per heavy atom. The van der Waals surface area contributed by atoms with Crippen molar-refractivity contribution < 1.29 is 28.2 Å². The number of fused-ring (bicyclic) bond motifs is 1. The Kier molecular flexibility index (Phi) is 6.13. The molecule has 0 radical (unpaired) electrons. The van der Waals surface area contributed by atoms with E-state index in [1.807, 2.05) is 0 Å². The molecule has 2 aliphatic rings. The third-order valence-corrected chi connectivity index (χ3v) is 9.26. The number of rotatable bonds is 7. The molecule has 33 heavy (non-hydrogen) atoms. The first-order valence-electron chi connectivity index (χ1n) is 11.1. The minimum atomic E-state index is -3.57. The molecule has 2 saturated carbocycles. The standard InChI is InChI=1S/C23H27N3O6S/c24-12-18-17-11-15(33(31,32)14-5-2-1-3-6-14)7-8-16(17)20(27)19(26-18)21(28)25-13-23(22(29)30)9-4-10-23/h7-8,11-12,14,24,27H,1-6,9-10,13H2,(H,25,28)(H,29,30). The molecular formula is C23H27N3O6S. The summed E-state index contributed by atoms with van der Waals surface area (Å²) < 4.78 is 26.2. The number of carboxylic acids is 1. The van der Waals surface area contributed by atoms with Gasteiger partial charge in [0.25, 0.3) is 5.91 Å². The van der Waals surface area contributed by atoms with Crippen LogP contribution in [-0.4, -0.2) is 53.5 Å². The quantitative estimate of drug-likeness (QED) is 0.450. The molecule has 176 valence electrons. The van der Waals surface area contributed by atoms with Crippen LogP contribution in [0.15, 0.2) is 23.1 Å². The molecule has 0 spiro atoms. The van der Waals surface area contributed by atoms with E-state index in [1.165, 1.54) is 18.2 Å². The van der Waals surface area contributed by atoms with E-state index in [0.717, 1.165) is 31.9 Å². The highest BCUT2D eigenvalue weighted by atomic mass is 32.2. The van der Waals surface area contributed by atoms with Crippen molar-refractivity contribution in [3.8, 4) is 5.75 Å². The Balaban J connectivity index is 1.67. The van der Waals surface area contributed by atoms with Gasteiger partial charge in [-0.25, -0.2) is 13.4 Å². The molecule has 1 amide bonds. The molecule has 0 bridgehead atoms. The van der Waals surface area contributed by atoms with Crippen molar-refractivity contribution in [2.45, 2.75) is 61.5 Å². The molecule has 2 aliphatic carbocycles. The number of carbonyl (C=O) groups is 2. The minimum Gasteiger partial charge on any atom is -0.505 e. The van der Waals surface area contributed by atoms with Gasteiger partial charge in [-0.05, 0) is 43.9 Å². The third kappa shape index (κ3) is 4.07. The van der Waals surface area contributed by atoms with Crippen LogP contribution in [0.5, 0.6) is 5.75 Å². The zero-order valence-electron chi connectivity index (χ0n) is 18.1. The molecule has 1 heterocycles. The summed E-state index contributed by atoms with van der Waals surface area (Å²) in [6.45, 7) is -0.0845. The van der Waals surface area contributed by atoms with Gasteiger partial charge in [0, 0.05) is 23.5 Å². The van der Waals surface area contributed by atoms with Crippen LogP contribution in [0.3, 0.4) is 0 Å². The number of carboxylic acid groups (broad SMARTS) is 1. The number of sulfone groups is 1. The molecule has 4 N–H and O–H groups in total. The van der Waals surface area contributed by atoms with E-state index in [2.05, 4.69) is 10.3 Å². The highest BCUT2D eigenvalue weighted by Crippen LogP contribution is 2.41. The van der Waals surface area contributed by atoms with E-state index in [-0.39, 0.29) is 33.6 Å². The van der Waals surface area contributed by atoms with Gasteiger partial charge in [-0.15, -0.1) is 0 Å². The molecular weight excluding hydrogens is 446 g/mol. The number of aromatic nitrogens is 1. The molecule has 0 atom stereocenters. The lowest BCUT2D eigenvalue weighted by molar-refractivity contribution is -0.153. The number of benzene rings is 1. The second kappa shape index (κ2) is 8.74. The molecule has 0 saturated heterocycles. The molecule has 1 aromatic heterocycles. The van der Waals surface area contributed by atoms with Crippen LogP contribution in [0, 0.1) is 10.8 Å². The molecule has 2 fully saturated rings. The highest BCUT2D eigenvalue weighted by Gasteiger charge is 2.44. The molecule has 1 aromatic carbocycles. The van der Waals surface area contributed by atoms with E-state index in [0.29, 0.717) is 25.7 Å². The Hall–Kier alpha value is -3.01. The SMILES string of the molecule is N=Cc1nc(C(=O)NCC2(C(=O)O)CCC2)c(O)c2ccc(S(=O)(=O)C3CCCCC3)cc12. The smallest absolute Gasteiger partial charge is 0.311 e. The van der Waals surface area contributed by atoms with Crippen molar-refractivity contribution in [3.63, 3.8) is 0 Å². The van der Waals surface area contributed by atoms with Gasteiger partial charge in [0.15, 0.2) is 21.3 Å². The van der Waals surface area contributed by atoms with Crippen molar-refractivity contribution >= 4 is 38.7 Å². The Labute approximate surface area is 191 Å². The number of hydrogen-bond donors (Lipinski definition) is 4. The van der Waals surface area contributed by atoms with E-state index >= 15 is 0 Å². The first-order valence-corrected chi connectivity index (χ1v) is 12.7. The predicted molar refractivity (Wildman–Crippen MR) is 122 cm³/mol. The number of nitrogens with zero attached hydrogens (tertiary/aromatic N) is 1. The van der Waals surface area contributed by atoms with Crippen LogP contribution in [0.4, 0.5) is 0 Å². The number of aliphatic carboxylic acids is 1. The van der Waals surface area contributed by atoms with Gasteiger partial charge in [0.2, 0.25) is 0 Å². The number of carbonyl (C=O) groups excluding carboxylic acids is 1. The van der Waals surface area contributed by atoms with Gasteiger partial charge in [-0.2, -0.15) is 0 Å². The Bertz CT molecular complexity index is 1230. The summed E-state index contributed by atoms with van der Waals surface area (Å²) in [5.74, 6) is -2.16. The van der Waals surface area contributed by atoms with E-state index in [4.69, 9.17) is 5.41 Å². The van der Waals surface area contributed by atoms with Gasteiger partial charge in [-0.1, -0.05) is 25.7 Å². The van der Waals surface area contributed by atoms with E-state index < -0.39 is 38.1 Å². The molecule has 9 nitrogen and oxygen atoms in total. The van der Waals surface area contributed by atoms with Crippen LogP contribution < -0.4 is 5.32 Å². The summed E-state index contributed by atoms with van der Waals surface area (Å²) in [5, 5.41) is 30.4. The van der Waals surface area contributed by atoms with Crippen molar-refractivity contribution in [3.05, 3.63) is 29.6 Å². The van der Waals surface area contributed by atoms with Crippen molar-refractivity contribution in [1.29, 1.82) is 5.41 Å². The lowest BCUT2D eigenvalue weighted by Crippen LogP contribution is -2.47. The lowest BCUT2D eigenvalue weighted by atomic mass is 9.69. The Morgan fingerprint density at radius 1 is 1.15 bits per heavy atom. The van der Waals surface area contributed by atoms with Crippen molar-refractivity contribution in [2.24, 2.45) is 5.41 Å². The van der Waals surface area contributed by atoms with Crippen LogP contribution in [0.1, 0.15) is 67.5 Å². The maximum absolute atomic E-state index is 13.1. The summed E-state index contributed by atoms with van der Waals surface area (Å²) in [6.07, 6.45) is 6.58. The highest BCUT2D eigenvalue weighted by molar-refractivity contribution is 7.92. The van der Waals surface area contributed by atoms with Gasteiger partial charge >= 0.3 is 5.97 Å². The van der Waals surface area contributed by atoms with Gasteiger partial charge in [0.1, 0.15) is 0 Å². The minimum absolute atomic E-state index is 0.0465. The van der Waals surface area contributed by atoms with Gasteiger partial charge in [-0.3, -0.25) is 9.59 Å². The van der Waals surface area contributed by atoms with Crippen LogP contribution in [0.2, 0.25) is 0 Å². The summed E-state index contributed by atoms with van der Waals surface area (Å²) in [6, 6.07) is 4.24. The predicted octanol–water partition coefficient (Wildman–Crippen LogP) is 3.03. The fourth-order valence-corrected chi connectivity index (χ4v) is 6.60. The average Bonchev–Trinajstić information content (AvgIpc) is 2.78. The number of pyridine rings is 1. The van der Waals surface area contributed by atoms with E-state index in [1.54, 1.807) is 0 Å². The molecule has 0 aliphatic heterocycles. The fourth-order valence-electron chi connectivity index (χ4n) is 4.72. The van der Waals surface area contributed by atoms with Crippen molar-refractivity contribution in [1.82, 2.24) is 10.3 Å². The monoisotopic (exact) mass is 473 g/mol. The maximum Gasteiger partial charge on any atom is 0.311 e. The molecule has 0 unspecified atom stereocenters. The number of amides is 1. The Morgan fingerprint density at radius 2 is 1.85 bits per heavy atom.